The Balaban J connectivity index is 1.99. The number of nitrogens with zero attached hydrogens (tertiary/aromatic N) is 2. The predicted octanol–water partition coefficient (Wildman–Crippen LogP) is 1.43. The molecule has 0 saturated carbocycles. The van der Waals surface area contributed by atoms with Gasteiger partial charge in [0.1, 0.15) is 0 Å². The van der Waals surface area contributed by atoms with Crippen LogP contribution >= 0.6 is 11.8 Å². The predicted molar refractivity (Wildman–Crippen MR) is 68.8 cm³/mol. The van der Waals surface area contributed by atoms with Crippen molar-refractivity contribution in [1.82, 2.24) is 9.80 Å². The molecule has 2 heterocycles. The molecule has 4 heteroatoms. The van der Waals surface area contributed by atoms with Crippen LogP contribution in [0.2, 0.25) is 0 Å². The molecular weight excluding hydrogens is 220 g/mol. The summed E-state index contributed by atoms with van der Waals surface area (Å²) >= 11 is 1.64. The van der Waals surface area contributed by atoms with Gasteiger partial charge in [0, 0.05) is 18.6 Å². The quantitative estimate of drug-likeness (QED) is 0.748. The van der Waals surface area contributed by atoms with Gasteiger partial charge in [0.15, 0.2) is 0 Å². The van der Waals surface area contributed by atoms with Crippen molar-refractivity contribution in [3.8, 4) is 0 Å². The van der Waals surface area contributed by atoms with E-state index in [2.05, 4.69) is 16.8 Å². The first-order valence-electron chi connectivity index (χ1n) is 6.22. The summed E-state index contributed by atoms with van der Waals surface area (Å²) < 4.78 is 0. The first-order chi connectivity index (χ1) is 7.74. The van der Waals surface area contributed by atoms with Gasteiger partial charge in [-0.3, -0.25) is 4.79 Å². The molecule has 2 rings (SSSR count). The number of thioether (sulfide) groups is 1. The van der Waals surface area contributed by atoms with E-state index < -0.39 is 0 Å². The monoisotopic (exact) mass is 242 g/mol. The smallest absolute Gasteiger partial charge is 0.232 e. The van der Waals surface area contributed by atoms with Gasteiger partial charge in [-0.2, -0.15) is 11.8 Å². The van der Waals surface area contributed by atoms with Crippen LogP contribution in [0.15, 0.2) is 0 Å². The fourth-order valence-electron chi connectivity index (χ4n) is 3.13. The third-order valence-electron chi connectivity index (χ3n) is 3.91. The summed E-state index contributed by atoms with van der Waals surface area (Å²) in [6.45, 7) is 2.18. The van der Waals surface area contributed by atoms with Gasteiger partial charge in [-0.15, -0.1) is 0 Å². The number of likely N-dealkylation sites (N-methyl/N-ethyl adjacent to an activating group) is 1. The summed E-state index contributed by atoms with van der Waals surface area (Å²) in [5.41, 5.74) is 0. The fraction of sp³-hybridized carbons (Fsp3) is 0.917. The molecule has 0 radical (unpaired) electrons. The highest BCUT2D eigenvalue weighted by atomic mass is 32.2. The van der Waals surface area contributed by atoms with Crippen molar-refractivity contribution in [2.45, 2.75) is 37.8 Å². The Morgan fingerprint density at radius 1 is 1.25 bits per heavy atom. The minimum atomic E-state index is 0.343. The highest BCUT2D eigenvalue weighted by Gasteiger charge is 2.37. The van der Waals surface area contributed by atoms with Crippen LogP contribution in [0.4, 0.5) is 0 Å². The molecule has 2 fully saturated rings. The molecule has 0 bridgehead atoms. The molecule has 2 aliphatic heterocycles. The number of hydrogen-bond donors (Lipinski definition) is 0. The lowest BCUT2D eigenvalue weighted by molar-refractivity contribution is -0.130. The highest BCUT2D eigenvalue weighted by molar-refractivity contribution is 7.99. The zero-order chi connectivity index (χ0) is 11.5. The van der Waals surface area contributed by atoms with E-state index in [-0.39, 0.29) is 0 Å². The van der Waals surface area contributed by atoms with Crippen LogP contribution in [0.1, 0.15) is 25.7 Å². The zero-order valence-corrected chi connectivity index (χ0v) is 11.1. The maximum absolute atomic E-state index is 12.0. The number of amides is 1. The Hall–Kier alpha value is -0.220. The van der Waals surface area contributed by atoms with Crippen molar-refractivity contribution < 1.29 is 4.79 Å². The summed E-state index contributed by atoms with van der Waals surface area (Å²) in [5, 5.41) is 0. The van der Waals surface area contributed by atoms with Gasteiger partial charge >= 0.3 is 0 Å². The van der Waals surface area contributed by atoms with Crippen molar-refractivity contribution in [3.05, 3.63) is 0 Å². The van der Waals surface area contributed by atoms with E-state index >= 15 is 0 Å². The third-order valence-corrected chi connectivity index (χ3v) is 4.44. The molecule has 3 nitrogen and oxygen atoms in total. The minimum absolute atomic E-state index is 0.343. The standard InChI is InChI=1S/C12H22N2OS/c1-13-7-3-5-10(13)11-6-4-8-14(11)12(15)9-16-2/h10-11H,3-9H2,1-2H3. The Morgan fingerprint density at radius 3 is 2.56 bits per heavy atom. The molecule has 92 valence electrons. The van der Waals surface area contributed by atoms with E-state index in [1.807, 2.05) is 6.26 Å². The zero-order valence-electron chi connectivity index (χ0n) is 10.3. The molecule has 1 amide bonds. The van der Waals surface area contributed by atoms with Crippen LogP contribution in [-0.4, -0.2) is 59.9 Å². The number of rotatable bonds is 3. The lowest BCUT2D eigenvalue weighted by Gasteiger charge is -2.33. The number of carbonyl (C=O) groups excluding carboxylic acids is 1. The Kier molecular flexibility index (Phi) is 4.14. The SMILES string of the molecule is CSCC(=O)N1CCCC1C1CCCN1C. The van der Waals surface area contributed by atoms with Crippen LogP contribution in [0, 0.1) is 0 Å². The van der Waals surface area contributed by atoms with E-state index in [0.717, 1.165) is 6.54 Å². The van der Waals surface area contributed by atoms with E-state index in [4.69, 9.17) is 0 Å². The van der Waals surface area contributed by atoms with E-state index in [1.54, 1.807) is 11.8 Å². The third kappa shape index (κ3) is 2.38. The van der Waals surface area contributed by atoms with Crippen LogP contribution in [-0.2, 0) is 4.79 Å². The average Bonchev–Trinajstić information content (AvgIpc) is 2.85. The van der Waals surface area contributed by atoms with E-state index in [0.29, 0.717) is 23.7 Å². The normalized spacial score (nSPS) is 31.2. The summed E-state index contributed by atoms with van der Waals surface area (Å²) in [4.78, 5) is 16.6. The first-order valence-corrected chi connectivity index (χ1v) is 7.62. The molecule has 2 unspecified atom stereocenters. The molecule has 2 aliphatic rings. The largest absolute Gasteiger partial charge is 0.337 e. The Bertz CT molecular complexity index is 259. The summed E-state index contributed by atoms with van der Waals surface area (Å²) in [7, 11) is 2.20. The van der Waals surface area contributed by atoms with Gasteiger partial charge < -0.3 is 9.80 Å². The molecule has 16 heavy (non-hydrogen) atoms. The van der Waals surface area contributed by atoms with Gasteiger partial charge in [-0.25, -0.2) is 0 Å². The van der Waals surface area contributed by atoms with Crippen molar-refractivity contribution >= 4 is 17.7 Å². The molecule has 2 atom stereocenters. The Morgan fingerprint density at radius 2 is 1.94 bits per heavy atom. The number of likely N-dealkylation sites (tertiary alicyclic amines) is 2. The number of carbonyl (C=O) groups is 1. The lowest BCUT2D eigenvalue weighted by atomic mass is 10.0. The maximum Gasteiger partial charge on any atom is 0.232 e. The van der Waals surface area contributed by atoms with Crippen molar-refractivity contribution in [2.24, 2.45) is 0 Å². The van der Waals surface area contributed by atoms with E-state index in [1.165, 1.54) is 32.2 Å². The number of hydrogen-bond acceptors (Lipinski definition) is 3. The van der Waals surface area contributed by atoms with Gasteiger partial charge in [0.2, 0.25) is 5.91 Å². The van der Waals surface area contributed by atoms with Gasteiger partial charge in [0.25, 0.3) is 0 Å². The Labute approximate surface area is 103 Å². The molecular formula is C12H22N2OS. The van der Waals surface area contributed by atoms with Gasteiger partial charge in [-0.05, 0) is 45.5 Å². The van der Waals surface area contributed by atoms with Gasteiger partial charge in [-0.1, -0.05) is 0 Å². The van der Waals surface area contributed by atoms with Crippen molar-refractivity contribution in [3.63, 3.8) is 0 Å². The lowest BCUT2D eigenvalue weighted by Crippen LogP contribution is -2.47. The summed E-state index contributed by atoms with van der Waals surface area (Å²) in [6, 6.07) is 1.11. The van der Waals surface area contributed by atoms with Crippen LogP contribution < -0.4 is 0 Å². The van der Waals surface area contributed by atoms with Crippen molar-refractivity contribution in [2.75, 3.05) is 32.1 Å². The van der Waals surface area contributed by atoms with Crippen molar-refractivity contribution in [1.29, 1.82) is 0 Å². The topological polar surface area (TPSA) is 23.6 Å². The van der Waals surface area contributed by atoms with E-state index in [9.17, 15) is 4.79 Å². The van der Waals surface area contributed by atoms with Gasteiger partial charge in [0.05, 0.1) is 5.75 Å². The van der Waals surface area contributed by atoms with Crippen LogP contribution in [0.3, 0.4) is 0 Å². The fourth-order valence-corrected chi connectivity index (χ4v) is 3.54. The molecule has 0 aromatic carbocycles. The second-order valence-electron chi connectivity index (χ2n) is 4.92. The first kappa shape index (κ1) is 12.2. The maximum atomic E-state index is 12.0. The molecule has 0 spiro atoms. The van der Waals surface area contributed by atoms with Crippen LogP contribution in [0.25, 0.3) is 0 Å². The summed E-state index contributed by atoms with van der Waals surface area (Å²) in [6.07, 6.45) is 6.96. The highest BCUT2D eigenvalue weighted by Crippen LogP contribution is 2.29. The molecule has 0 N–H and O–H groups in total. The molecule has 0 aliphatic carbocycles. The minimum Gasteiger partial charge on any atom is -0.337 e. The second-order valence-corrected chi connectivity index (χ2v) is 5.79. The average molecular weight is 242 g/mol. The summed E-state index contributed by atoms with van der Waals surface area (Å²) in [5.74, 6) is 0.989. The molecule has 0 aromatic rings. The molecule has 2 saturated heterocycles. The molecule has 0 aromatic heterocycles. The second kappa shape index (κ2) is 5.41. The van der Waals surface area contributed by atoms with Crippen LogP contribution in [0.5, 0.6) is 0 Å².